The van der Waals surface area contributed by atoms with Crippen LogP contribution in [0.2, 0.25) is 0 Å². The third-order valence-corrected chi connectivity index (χ3v) is 2.71. The van der Waals surface area contributed by atoms with Crippen molar-refractivity contribution in [2.24, 2.45) is 11.7 Å². The van der Waals surface area contributed by atoms with E-state index >= 15 is 0 Å². The lowest BCUT2D eigenvalue weighted by Crippen LogP contribution is -2.35. The normalized spacial score (nSPS) is 13.7. The third-order valence-electron chi connectivity index (χ3n) is 2.71. The number of ether oxygens (including phenoxy) is 1. The van der Waals surface area contributed by atoms with Crippen molar-refractivity contribution in [2.45, 2.75) is 46.1 Å². The minimum absolute atomic E-state index is 0.363. The number of methoxy groups -OCH3 is 1. The Labute approximate surface area is 101 Å². The van der Waals surface area contributed by atoms with E-state index in [4.69, 9.17) is 10.5 Å². The molecular weight excluding hydrogens is 200 g/mol. The second-order valence-electron chi connectivity index (χ2n) is 5.02. The van der Waals surface area contributed by atoms with Gasteiger partial charge in [0.15, 0.2) is 0 Å². The molecule has 0 aromatic rings. The topological polar surface area (TPSA) is 38.5 Å². The Morgan fingerprint density at radius 3 is 2.38 bits per heavy atom. The van der Waals surface area contributed by atoms with Gasteiger partial charge in [0.2, 0.25) is 0 Å². The van der Waals surface area contributed by atoms with Crippen LogP contribution in [0.15, 0.2) is 0 Å². The lowest BCUT2D eigenvalue weighted by Gasteiger charge is -2.25. The van der Waals surface area contributed by atoms with Gasteiger partial charge in [0, 0.05) is 26.2 Å². The fourth-order valence-corrected chi connectivity index (χ4v) is 1.89. The first-order valence-corrected chi connectivity index (χ1v) is 6.57. The lowest BCUT2D eigenvalue weighted by molar-refractivity contribution is 0.137. The summed E-state index contributed by atoms with van der Waals surface area (Å²) in [5.41, 5.74) is 6.03. The average Bonchev–Trinajstić information content (AvgIpc) is 2.22. The summed E-state index contributed by atoms with van der Waals surface area (Å²) in [5, 5.41) is 0. The van der Waals surface area contributed by atoms with Crippen molar-refractivity contribution >= 4 is 0 Å². The molecule has 0 spiro atoms. The van der Waals surface area contributed by atoms with Crippen molar-refractivity contribution in [1.82, 2.24) is 4.90 Å². The standard InChI is InChI=1S/C13H30N2O/c1-5-6-13(14)7-8-15(9-10-16-4)11-12(2)3/h12-13H,5-11,14H2,1-4H3. The first-order chi connectivity index (χ1) is 7.60. The molecule has 98 valence electrons. The summed E-state index contributed by atoms with van der Waals surface area (Å²) in [5.74, 6) is 0.708. The van der Waals surface area contributed by atoms with Crippen LogP contribution in [0.1, 0.15) is 40.0 Å². The molecule has 2 N–H and O–H groups in total. The van der Waals surface area contributed by atoms with Gasteiger partial charge in [0.05, 0.1) is 6.61 Å². The van der Waals surface area contributed by atoms with Crippen LogP contribution in [0, 0.1) is 5.92 Å². The molecule has 0 amide bonds. The zero-order chi connectivity index (χ0) is 12.4. The Bertz CT molecular complexity index is 151. The minimum atomic E-state index is 0.363. The van der Waals surface area contributed by atoms with Crippen LogP contribution in [-0.2, 0) is 4.74 Å². The summed E-state index contributed by atoms with van der Waals surface area (Å²) < 4.78 is 5.14. The molecule has 0 aromatic carbocycles. The van der Waals surface area contributed by atoms with Crippen molar-refractivity contribution in [3.05, 3.63) is 0 Å². The van der Waals surface area contributed by atoms with Gasteiger partial charge in [-0.05, 0) is 25.3 Å². The predicted molar refractivity (Wildman–Crippen MR) is 70.7 cm³/mol. The van der Waals surface area contributed by atoms with Gasteiger partial charge < -0.3 is 15.4 Å². The Hall–Kier alpha value is -0.120. The van der Waals surface area contributed by atoms with E-state index in [9.17, 15) is 0 Å². The fourth-order valence-electron chi connectivity index (χ4n) is 1.89. The molecule has 0 saturated carbocycles. The molecule has 3 heteroatoms. The number of nitrogens with two attached hydrogens (primary N) is 1. The van der Waals surface area contributed by atoms with Crippen molar-refractivity contribution < 1.29 is 4.74 Å². The highest BCUT2D eigenvalue weighted by molar-refractivity contribution is 4.66. The van der Waals surface area contributed by atoms with Crippen molar-refractivity contribution in [1.29, 1.82) is 0 Å². The Morgan fingerprint density at radius 1 is 1.19 bits per heavy atom. The highest BCUT2D eigenvalue weighted by atomic mass is 16.5. The number of hydrogen-bond acceptors (Lipinski definition) is 3. The summed E-state index contributed by atoms with van der Waals surface area (Å²) in [7, 11) is 1.76. The Balaban J connectivity index is 3.80. The van der Waals surface area contributed by atoms with Gasteiger partial charge in [-0.25, -0.2) is 0 Å². The van der Waals surface area contributed by atoms with E-state index in [0.717, 1.165) is 39.1 Å². The van der Waals surface area contributed by atoms with Gasteiger partial charge in [0.1, 0.15) is 0 Å². The molecule has 0 radical (unpaired) electrons. The van der Waals surface area contributed by atoms with Crippen LogP contribution in [0.25, 0.3) is 0 Å². The number of nitrogens with zero attached hydrogens (tertiary/aromatic N) is 1. The zero-order valence-electron chi connectivity index (χ0n) is 11.5. The summed E-state index contributed by atoms with van der Waals surface area (Å²) in [6.45, 7) is 10.8. The Kier molecular flexibility index (Phi) is 9.99. The zero-order valence-corrected chi connectivity index (χ0v) is 11.5. The predicted octanol–water partition coefficient (Wildman–Crippen LogP) is 2.11. The number of rotatable bonds is 10. The van der Waals surface area contributed by atoms with E-state index in [2.05, 4.69) is 25.7 Å². The van der Waals surface area contributed by atoms with Crippen LogP contribution < -0.4 is 5.73 Å². The van der Waals surface area contributed by atoms with Gasteiger partial charge >= 0.3 is 0 Å². The van der Waals surface area contributed by atoms with Crippen LogP contribution in [-0.4, -0.2) is 44.3 Å². The molecule has 1 unspecified atom stereocenters. The van der Waals surface area contributed by atoms with Gasteiger partial charge in [-0.15, -0.1) is 0 Å². The molecule has 0 aromatic heterocycles. The molecule has 0 saturated heterocycles. The van der Waals surface area contributed by atoms with Crippen molar-refractivity contribution in [3.8, 4) is 0 Å². The molecule has 0 aliphatic heterocycles. The van der Waals surface area contributed by atoms with Gasteiger partial charge in [-0.3, -0.25) is 0 Å². The molecular formula is C13H30N2O. The Morgan fingerprint density at radius 2 is 1.88 bits per heavy atom. The second kappa shape index (κ2) is 10.1. The maximum Gasteiger partial charge on any atom is 0.0589 e. The second-order valence-corrected chi connectivity index (χ2v) is 5.02. The molecule has 0 rings (SSSR count). The maximum atomic E-state index is 6.03. The van der Waals surface area contributed by atoms with Gasteiger partial charge in [-0.2, -0.15) is 0 Å². The quantitative estimate of drug-likeness (QED) is 0.625. The van der Waals surface area contributed by atoms with Gasteiger partial charge in [0.25, 0.3) is 0 Å². The highest BCUT2D eigenvalue weighted by Crippen LogP contribution is 2.04. The summed E-state index contributed by atoms with van der Waals surface area (Å²) >= 11 is 0. The monoisotopic (exact) mass is 230 g/mol. The average molecular weight is 230 g/mol. The molecule has 16 heavy (non-hydrogen) atoms. The van der Waals surface area contributed by atoms with Crippen molar-refractivity contribution in [3.63, 3.8) is 0 Å². The SMILES string of the molecule is CCCC(N)CCN(CCOC)CC(C)C. The molecule has 0 aliphatic rings. The van der Waals surface area contributed by atoms with Crippen LogP contribution in [0.3, 0.4) is 0 Å². The van der Waals surface area contributed by atoms with Crippen LogP contribution in [0.5, 0.6) is 0 Å². The van der Waals surface area contributed by atoms with Gasteiger partial charge in [-0.1, -0.05) is 27.2 Å². The van der Waals surface area contributed by atoms with E-state index in [1.54, 1.807) is 7.11 Å². The maximum absolute atomic E-state index is 6.03. The van der Waals surface area contributed by atoms with Crippen LogP contribution >= 0.6 is 0 Å². The third kappa shape index (κ3) is 9.13. The summed E-state index contributed by atoms with van der Waals surface area (Å²) in [6.07, 6.45) is 3.42. The van der Waals surface area contributed by atoms with Crippen molar-refractivity contribution in [2.75, 3.05) is 33.4 Å². The smallest absolute Gasteiger partial charge is 0.0589 e. The van der Waals surface area contributed by atoms with E-state index in [0.29, 0.717) is 12.0 Å². The molecule has 1 atom stereocenters. The summed E-state index contributed by atoms with van der Waals surface area (Å²) in [4.78, 5) is 2.46. The first kappa shape index (κ1) is 15.9. The molecule has 0 aliphatic carbocycles. The minimum Gasteiger partial charge on any atom is -0.383 e. The summed E-state index contributed by atoms with van der Waals surface area (Å²) in [6, 6.07) is 0.363. The fraction of sp³-hybridized carbons (Fsp3) is 1.00. The van der Waals surface area contributed by atoms with E-state index < -0.39 is 0 Å². The molecule has 0 bridgehead atoms. The number of hydrogen-bond donors (Lipinski definition) is 1. The molecule has 3 nitrogen and oxygen atoms in total. The lowest BCUT2D eigenvalue weighted by atomic mass is 10.1. The van der Waals surface area contributed by atoms with Crippen LogP contribution in [0.4, 0.5) is 0 Å². The largest absolute Gasteiger partial charge is 0.383 e. The molecule has 0 heterocycles. The highest BCUT2D eigenvalue weighted by Gasteiger charge is 2.09. The van der Waals surface area contributed by atoms with E-state index in [-0.39, 0.29) is 0 Å². The molecule has 0 fully saturated rings. The first-order valence-electron chi connectivity index (χ1n) is 6.57. The van der Waals surface area contributed by atoms with E-state index in [1.165, 1.54) is 6.42 Å². The van der Waals surface area contributed by atoms with E-state index in [1.807, 2.05) is 0 Å².